The minimum atomic E-state index is -0.983. The lowest BCUT2D eigenvalue weighted by atomic mass is 10.2. The van der Waals surface area contributed by atoms with Crippen LogP contribution in [0.1, 0.15) is 27.3 Å². The number of amides is 1. The van der Waals surface area contributed by atoms with Crippen LogP contribution in [-0.2, 0) is 0 Å². The van der Waals surface area contributed by atoms with Gasteiger partial charge in [-0.3, -0.25) is 14.6 Å². The van der Waals surface area contributed by atoms with Gasteiger partial charge >= 0.3 is 0 Å². The maximum Gasteiger partial charge on any atom is 0.259 e. The summed E-state index contributed by atoms with van der Waals surface area (Å²) in [5, 5.41) is 6.69. The van der Waals surface area contributed by atoms with Crippen molar-refractivity contribution in [2.75, 3.05) is 5.32 Å². The largest absolute Gasteiger partial charge is 0.306 e. The fourth-order valence-electron chi connectivity index (χ4n) is 2.34. The molecule has 0 fully saturated rings. The number of halogens is 2. The van der Waals surface area contributed by atoms with Gasteiger partial charge in [-0.05, 0) is 32.9 Å². The average molecular weight is 359 g/mol. The van der Waals surface area contributed by atoms with E-state index in [2.05, 4.69) is 20.4 Å². The van der Waals surface area contributed by atoms with E-state index in [-0.39, 0.29) is 22.9 Å². The number of carbonyl (C=O) groups excluding carboxylic acids is 1. The topological polar surface area (TPSA) is 92.7 Å². The molecule has 134 valence electrons. The number of nitrogens with zero attached hydrogens (tertiary/aromatic N) is 3. The summed E-state index contributed by atoms with van der Waals surface area (Å²) in [6.07, 6.45) is 0. The van der Waals surface area contributed by atoms with Crippen molar-refractivity contribution in [3.8, 4) is 5.95 Å². The van der Waals surface area contributed by atoms with Crippen LogP contribution in [0.3, 0.4) is 0 Å². The molecule has 0 radical (unpaired) electrons. The van der Waals surface area contributed by atoms with Gasteiger partial charge in [0.25, 0.3) is 11.5 Å². The molecule has 0 atom stereocenters. The normalized spacial score (nSPS) is 10.8. The van der Waals surface area contributed by atoms with Crippen LogP contribution in [-0.4, -0.2) is 25.7 Å². The van der Waals surface area contributed by atoms with E-state index in [9.17, 15) is 18.4 Å². The van der Waals surface area contributed by atoms with Crippen LogP contribution in [0.4, 0.5) is 14.6 Å². The van der Waals surface area contributed by atoms with E-state index in [1.165, 1.54) is 10.7 Å². The Bertz CT molecular complexity index is 1070. The van der Waals surface area contributed by atoms with Crippen LogP contribution in [0, 0.1) is 32.4 Å². The second kappa shape index (κ2) is 6.51. The highest BCUT2D eigenvalue weighted by atomic mass is 19.1. The first-order valence-corrected chi connectivity index (χ1v) is 7.67. The molecule has 7 nitrogen and oxygen atoms in total. The summed E-state index contributed by atoms with van der Waals surface area (Å²) >= 11 is 0. The van der Waals surface area contributed by atoms with Gasteiger partial charge in [0.05, 0.1) is 11.3 Å². The summed E-state index contributed by atoms with van der Waals surface area (Å²) in [5.74, 6) is -2.25. The molecule has 9 heteroatoms. The smallest absolute Gasteiger partial charge is 0.259 e. The van der Waals surface area contributed by atoms with Gasteiger partial charge in [-0.15, -0.1) is 0 Å². The number of aromatic amines is 1. The van der Waals surface area contributed by atoms with Gasteiger partial charge in [0, 0.05) is 23.4 Å². The predicted octanol–water partition coefficient (Wildman–Crippen LogP) is 2.41. The molecule has 0 aliphatic rings. The number of rotatable bonds is 3. The van der Waals surface area contributed by atoms with Crippen LogP contribution in [0.15, 0.2) is 29.1 Å². The summed E-state index contributed by atoms with van der Waals surface area (Å²) in [7, 11) is 0. The maximum absolute atomic E-state index is 13.8. The quantitative estimate of drug-likeness (QED) is 0.751. The van der Waals surface area contributed by atoms with Crippen molar-refractivity contribution in [1.82, 2.24) is 19.7 Å². The second-order valence-corrected chi connectivity index (χ2v) is 5.76. The van der Waals surface area contributed by atoms with Gasteiger partial charge in [0.1, 0.15) is 17.5 Å². The van der Waals surface area contributed by atoms with Gasteiger partial charge in [-0.1, -0.05) is 0 Å². The molecular weight excluding hydrogens is 344 g/mol. The van der Waals surface area contributed by atoms with E-state index < -0.39 is 17.5 Å². The molecule has 2 heterocycles. The third kappa shape index (κ3) is 3.23. The third-order valence-corrected chi connectivity index (χ3v) is 3.83. The van der Waals surface area contributed by atoms with E-state index in [4.69, 9.17) is 0 Å². The number of aromatic nitrogens is 4. The Kier molecular flexibility index (Phi) is 4.37. The molecule has 0 aliphatic heterocycles. The van der Waals surface area contributed by atoms with Gasteiger partial charge in [-0.2, -0.15) is 9.78 Å². The molecule has 0 unspecified atom stereocenters. The number of nitrogens with one attached hydrogen (secondary N) is 2. The first kappa shape index (κ1) is 17.5. The Hall–Kier alpha value is -3.36. The molecule has 1 amide bonds. The number of aryl methyl sites for hydroxylation is 2. The summed E-state index contributed by atoms with van der Waals surface area (Å²) in [6.45, 7) is 5.00. The molecule has 0 spiro atoms. The van der Waals surface area contributed by atoms with Crippen molar-refractivity contribution in [3.05, 3.63) is 68.8 Å². The summed E-state index contributed by atoms with van der Waals surface area (Å²) in [5.41, 5.74) is 0.872. The molecular formula is C17H15F2N5O2. The molecule has 1 aromatic carbocycles. The Labute approximate surface area is 146 Å². The van der Waals surface area contributed by atoms with Gasteiger partial charge in [0.15, 0.2) is 0 Å². The number of anilines is 1. The lowest BCUT2D eigenvalue weighted by molar-refractivity contribution is 0.102. The standard InChI is InChI=1S/C17H15F2N5O2/c1-8-6-14(21-16(26)12-5-4-11(18)7-13(12)19)24(23-8)17-20-10(3)9(2)15(25)22-17/h4-7H,1-3H3,(H,21,26)(H,20,22,25). The van der Waals surface area contributed by atoms with Crippen molar-refractivity contribution >= 4 is 11.7 Å². The van der Waals surface area contributed by atoms with E-state index in [0.29, 0.717) is 23.0 Å². The van der Waals surface area contributed by atoms with E-state index in [1.54, 1.807) is 20.8 Å². The van der Waals surface area contributed by atoms with Gasteiger partial charge in [-0.25, -0.2) is 13.8 Å². The molecule has 26 heavy (non-hydrogen) atoms. The Morgan fingerprint density at radius 1 is 1.19 bits per heavy atom. The number of hydrogen-bond donors (Lipinski definition) is 2. The first-order valence-electron chi connectivity index (χ1n) is 7.67. The highest BCUT2D eigenvalue weighted by Gasteiger charge is 2.17. The predicted molar refractivity (Wildman–Crippen MR) is 90.5 cm³/mol. The third-order valence-electron chi connectivity index (χ3n) is 3.83. The average Bonchev–Trinajstić information content (AvgIpc) is 2.92. The molecule has 0 bridgehead atoms. The molecule has 3 aromatic rings. The zero-order valence-corrected chi connectivity index (χ0v) is 14.2. The highest BCUT2D eigenvalue weighted by Crippen LogP contribution is 2.17. The maximum atomic E-state index is 13.8. The van der Waals surface area contributed by atoms with Crippen molar-refractivity contribution in [1.29, 1.82) is 0 Å². The van der Waals surface area contributed by atoms with Gasteiger partial charge < -0.3 is 5.32 Å². The van der Waals surface area contributed by atoms with Crippen molar-refractivity contribution < 1.29 is 13.6 Å². The fraction of sp³-hybridized carbons (Fsp3) is 0.176. The number of hydrogen-bond acceptors (Lipinski definition) is 4. The summed E-state index contributed by atoms with van der Waals surface area (Å²) in [6, 6.07) is 4.20. The molecule has 3 rings (SSSR count). The molecule has 0 saturated heterocycles. The van der Waals surface area contributed by atoms with Gasteiger partial charge in [0.2, 0.25) is 5.95 Å². The number of H-pyrrole nitrogens is 1. The van der Waals surface area contributed by atoms with Crippen molar-refractivity contribution in [2.45, 2.75) is 20.8 Å². The van der Waals surface area contributed by atoms with Crippen molar-refractivity contribution in [3.63, 3.8) is 0 Å². The summed E-state index contributed by atoms with van der Waals surface area (Å²) in [4.78, 5) is 31.1. The van der Waals surface area contributed by atoms with E-state index >= 15 is 0 Å². The second-order valence-electron chi connectivity index (χ2n) is 5.76. The molecule has 2 aromatic heterocycles. The van der Waals surface area contributed by atoms with Crippen LogP contribution < -0.4 is 10.9 Å². The Morgan fingerprint density at radius 2 is 1.92 bits per heavy atom. The molecule has 0 saturated carbocycles. The number of benzene rings is 1. The van der Waals surface area contributed by atoms with Crippen LogP contribution >= 0.6 is 0 Å². The molecule has 2 N–H and O–H groups in total. The van der Waals surface area contributed by atoms with E-state index in [0.717, 1.165) is 12.1 Å². The Morgan fingerprint density at radius 3 is 2.58 bits per heavy atom. The van der Waals surface area contributed by atoms with E-state index in [1.807, 2.05) is 0 Å². The van der Waals surface area contributed by atoms with Crippen molar-refractivity contribution in [2.24, 2.45) is 0 Å². The first-order chi connectivity index (χ1) is 12.3. The summed E-state index contributed by atoms with van der Waals surface area (Å²) < 4.78 is 28.0. The lowest BCUT2D eigenvalue weighted by Gasteiger charge is -2.09. The SMILES string of the molecule is Cc1cc(NC(=O)c2ccc(F)cc2F)n(-c2nc(C)c(C)c(=O)[nH]2)n1. The fourth-order valence-corrected chi connectivity index (χ4v) is 2.34. The van der Waals surface area contributed by atoms with Crippen LogP contribution in [0.2, 0.25) is 0 Å². The monoisotopic (exact) mass is 359 g/mol. The van der Waals surface area contributed by atoms with Crippen LogP contribution in [0.25, 0.3) is 5.95 Å². The minimum Gasteiger partial charge on any atom is -0.306 e. The zero-order valence-electron chi connectivity index (χ0n) is 14.2. The highest BCUT2D eigenvalue weighted by molar-refractivity contribution is 6.04. The Balaban J connectivity index is 2.00. The zero-order chi connectivity index (χ0) is 19.0. The minimum absolute atomic E-state index is 0.112. The number of carbonyl (C=O) groups is 1. The van der Waals surface area contributed by atoms with Crippen LogP contribution in [0.5, 0.6) is 0 Å². The lowest BCUT2D eigenvalue weighted by Crippen LogP contribution is -2.21. The molecule has 0 aliphatic carbocycles.